The first-order chi connectivity index (χ1) is 11.8. The molecule has 1 heterocycles. The van der Waals surface area contributed by atoms with E-state index in [9.17, 15) is 4.79 Å². The maximum absolute atomic E-state index is 12.2. The summed E-state index contributed by atoms with van der Waals surface area (Å²) >= 11 is 15.8. The SMILES string of the molecule is CC(C)NC(=O)c1cc(Br)c2[nH]c(Nc3c(Cl)cccc3Cl)nc2c1. The van der Waals surface area contributed by atoms with Crippen molar-refractivity contribution in [1.29, 1.82) is 0 Å². The van der Waals surface area contributed by atoms with Crippen molar-refractivity contribution in [2.24, 2.45) is 0 Å². The molecule has 2 aromatic carbocycles. The summed E-state index contributed by atoms with van der Waals surface area (Å²) in [5.41, 5.74) is 2.52. The minimum Gasteiger partial charge on any atom is -0.350 e. The quantitative estimate of drug-likeness (QED) is 0.499. The monoisotopic (exact) mass is 440 g/mol. The third-order valence-corrected chi connectivity index (χ3v) is 4.69. The van der Waals surface area contributed by atoms with E-state index >= 15 is 0 Å². The number of aromatic amines is 1. The molecule has 5 nitrogen and oxygen atoms in total. The zero-order valence-electron chi connectivity index (χ0n) is 13.5. The number of para-hydroxylation sites is 1. The van der Waals surface area contributed by atoms with Gasteiger partial charge in [0.15, 0.2) is 0 Å². The van der Waals surface area contributed by atoms with Gasteiger partial charge < -0.3 is 15.6 Å². The first-order valence-corrected chi connectivity index (χ1v) is 9.11. The number of nitrogens with one attached hydrogen (secondary N) is 3. The van der Waals surface area contributed by atoms with Crippen LogP contribution in [-0.2, 0) is 0 Å². The number of aromatic nitrogens is 2. The number of anilines is 2. The molecule has 130 valence electrons. The van der Waals surface area contributed by atoms with Crippen LogP contribution >= 0.6 is 39.1 Å². The number of nitrogens with zero attached hydrogens (tertiary/aromatic N) is 1. The van der Waals surface area contributed by atoms with E-state index in [4.69, 9.17) is 23.2 Å². The van der Waals surface area contributed by atoms with Gasteiger partial charge in [-0.15, -0.1) is 0 Å². The highest BCUT2D eigenvalue weighted by Gasteiger charge is 2.14. The maximum Gasteiger partial charge on any atom is 0.251 e. The van der Waals surface area contributed by atoms with Crippen molar-refractivity contribution in [3.05, 3.63) is 50.4 Å². The van der Waals surface area contributed by atoms with Crippen molar-refractivity contribution < 1.29 is 4.79 Å². The number of fused-ring (bicyclic) bond motifs is 1. The Hall–Kier alpha value is -1.76. The van der Waals surface area contributed by atoms with Gasteiger partial charge in [0, 0.05) is 16.1 Å². The lowest BCUT2D eigenvalue weighted by atomic mass is 10.2. The normalized spacial score (nSPS) is 11.1. The Labute approximate surface area is 163 Å². The molecular weight excluding hydrogens is 427 g/mol. The minimum absolute atomic E-state index is 0.0562. The van der Waals surface area contributed by atoms with E-state index in [-0.39, 0.29) is 11.9 Å². The van der Waals surface area contributed by atoms with Gasteiger partial charge in [0.2, 0.25) is 5.95 Å². The largest absolute Gasteiger partial charge is 0.350 e. The molecule has 3 aromatic rings. The summed E-state index contributed by atoms with van der Waals surface area (Å²) in [6.07, 6.45) is 0. The summed E-state index contributed by atoms with van der Waals surface area (Å²) in [7, 11) is 0. The van der Waals surface area contributed by atoms with Gasteiger partial charge in [-0.25, -0.2) is 4.98 Å². The van der Waals surface area contributed by atoms with Crippen molar-refractivity contribution in [3.63, 3.8) is 0 Å². The Morgan fingerprint density at radius 3 is 2.56 bits per heavy atom. The van der Waals surface area contributed by atoms with Gasteiger partial charge in [-0.05, 0) is 54.0 Å². The first-order valence-electron chi connectivity index (χ1n) is 7.56. The Balaban J connectivity index is 1.97. The molecule has 0 aliphatic heterocycles. The Morgan fingerprint density at radius 2 is 1.92 bits per heavy atom. The molecule has 0 bridgehead atoms. The van der Waals surface area contributed by atoms with Gasteiger partial charge >= 0.3 is 0 Å². The van der Waals surface area contributed by atoms with Crippen LogP contribution in [0.4, 0.5) is 11.6 Å². The summed E-state index contributed by atoms with van der Waals surface area (Å²) in [5.74, 6) is 0.330. The van der Waals surface area contributed by atoms with E-state index in [0.29, 0.717) is 32.8 Å². The van der Waals surface area contributed by atoms with E-state index in [0.717, 1.165) is 9.99 Å². The van der Waals surface area contributed by atoms with Crippen LogP contribution in [0.5, 0.6) is 0 Å². The van der Waals surface area contributed by atoms with Crippen molar-refractivity contribution in [3.8, 4) is 0 Å². The number of H-pyrrole nitrogens is 1. The highest BCUT2D eigenvalue weighted by molar-refractivity contribution is 9.10. The van der Waals surface area contributed by atoms with E-state index in [1.165, 1.54) is 0 Å². The minimum atomic E-state index is -0.149. The Morgan fingerprint density at radius 1 is 1.24 bits per heavy atom. The molecule has 0 aliphatic carbocycles. The van der Waals surface area contributed by atoms with Gasteiger partial charge in [-0.1, -0.05) is 29.3 Å². The third-order valence-electron chi connectivity index (χ3n) is 3.43. The lowest BCUT2D eigenvalue weighted by molar-refractivity contribution is 0.0943. The van der Waals surface area contributed by atoms with Crippen LogP contribution < -0.4 is 10.6 Å². The second-order valence-electron chi connectivity index (χ2n) is 5.79. The summed E-state index contributed by atoms with van der Waals surface area (Å²) in [6.45, 7) is 3.82. The van der Waals surface area contributed by atoms with Crippen LogP contribution in [0.15, 0.2) is 34.8 Å². The highest BCUT2D eigenvalue weighted by Crippen LogP contribution is 2.33. The maximum atomic E-state index is 12.2. The first kappa shape index (κ1) is 18.0. The fraction of sp³-hybridized carbons (Fsp3) is 0.176. The van der Waals surface area contributed by atoms with E-state index < -0.39 is 0 Å². The number of imidazole rings is 1. The van der Waals surface area contributed by atoms with E-state index in [1.54, 1.807) is 30.3 Å². The molecule has 1 amide bonds. The molecule has 0 fully saturated rings. The average Bonchev–Trinajstić information content (AvgIpc) is 2.94. The van der Waals surface area contributed by atoms with Gasteiger partial charge in [0.1, 0.15) is 0 Å². The van der Waals surface area contributed by atoms with Gasteiger partial charge in [0.25, 0.3) is 5.91 Å². The van der Waals surface area contributed by atoms with Crippen LogP contribution in [0.2, 0.25) is 10.0 Å². The number of carbonyl (C=O) groups is 1. The van der Waals surface area contributed by atoms with Crippen LogP contribution in [-0.4, -0.2) is 21.9 Å². The number of amides is 1. The summed E-state index contributed by atoms with van der Waals surface area (Å²) in [6, 6.07) is 8.79. The van der Waals surface area contributed by atoms with Crippen molar-refractivity contribution in [2.45, 2.75) is 19.9 Å². The number of hydrogen-bond acceptors (Lipinski definition) is 3. The molecule has 0 unspecified atom stereocenters. The second-order valence-corrected chi connectivity index (χ2v) is 7.46. The van der Waals surface area contributed by atoms with Crippen LogP contribution in [0.3, 0.4) is 0 Å². The molecule has 0 atom stereocenters. The standard InChI is InChI=1S/C17H15BrCl2N4O/c1-8(2)21-16(25)9-6-10(18)14-13(7-9)22-17(23-14)24-15-11(19)4-3-5-12(15)20/h3-8H,1-2H3,(H,21,25)(H2,22,23,24). The van der Waals surface area contributed by atoms with E-state index in [2.05, 4.69) is 36.5 Å². The number of benzene rings is 2. The molecule has 8 heteroatoms. The number of carbonyl (C=O) groups excluding carboxylic acids is 1. The zero-order chi connectivity index (χ0) is 18.1. The molecule has 3 N–H and O–H groups in total. The highest BCUT2D eigenvalue weighted by atomic mass is 79.9. The fourth-order valence-corrected chi connectivity index (χ4v) is 3.38. The molecule has 0 radical (unpaired) electrons. The van der Waals surface area contributed by atoms with Crippen LogP contribution in [0.1, 0.15) is 24.2 Å². The van der Waals surface area contributed by atoms with E-state index in [1.807, 2.05) is 13.8 Å². The number of halogens is 3. The van der Waals surface area contributed by atoms with Gasteiger partial charge in [-0.3, -0.25) is 4.79 Å². The summed E-state index contributed by atoms with van der Waals surface area (Å²) < 4.78 is 0.740. The molecule has 0 spiro atoms. The van der Waals surface area contributed by atoms with Crippen molar-refractivity contribution in [2.75, 3.05) is 5.32 Å². The fourth-order valence-electron chi connectivity index (χ4n) is 2.34. The Kier molecular flexibility index (Phi) is 5.22. The Bertz CT molecular complexity index is 935. The molecular formula is C17H15BrCl2N4O. The van der Waals surface area contributed by atoms with Crippen molar-refractivity contribution in [1.82, 2.24) is 15.3 Å². The second kappa shape index (κ2) is 7.23. The predicted molar refractivity (Wildman–Crippen MR) is 106 cm³/mol. The summed E-state index contributed by atoms with van der Waals surface area (Å²) in [4.78, 5) is 19.9. The average molecular weight is 442 g/mol. The van der Waals surface area contributed by atoms with Crippen molar-refractivity contribution >= 4 is 67.7 Å². The molecule has 0 aliphatic rings. The lowest BCUT2D eigenvalue weighted by Gasteiger charge is -2.08. The van der Waals surface area contributed by atoms with Gasteiger partial charge in [0.05, 0.1) is 26.8 Å². The zero-order valence-corrected chi connectivity index (χ0v) is 16.6. The molecule has 0 saturated carbocycles. The third kappa shape index (κ3) is 3.92. The van der Waals surface area contributed by atoms with Crippen LogP contribution in [0, 0.1) is 0 Å². The number of hydrogen-bond donors (Lipinski definition) is 3. The molecule has 3 rings (SSSR count). The number of rotatable bonds is 4. The molecule has 25 heavy (non-hydrogen) atoms. The van der Waals surface area contributed by atoms with Gasteiger partial charge in [-0.2, -0.15) is 0 Å². The predicted octanol–water partition coefficient (Wildman–Crippen LogP) is 5.51. The molecule has 1 aromatic heterocycles. The smallest absolute Gasteiger partial charge is 0.251 e. The topological polar surface area (TPSA) is 69.8 Å². The molecule has 0 saturated heterocycles. The lowest BCUT2D eigenvalue weighted by Crippen LogP contribution is -2.30. The summed E-state index contributed by atoms with van der Waals surface area (Å²) in [5, 5.41) is 6.93. The van der Waals surface area contributed by atoms with Crippen LogP contribution in [0.25, 0.3) is 11.0 Å².